The van der Waals surface area contributed by atoms with Gasteiger partial charge in [-0.15, -0.1) is 0 Å². The van der Waals surface area contributed by atoms with Gasteiger partial charge in [-0.05, 0) is 42.8 Å². The number of carbonyl (C=O) groups is 1. The van der Waals surface area contributed by atoms with E-state index < -0.39 is 5.97 Å². The van der Waals surface area contributed by atoms with Crippen molar-refractivity contribution in [2.24, 2.45) is 0 Å². The van der Waals surface area contributed by atoms with Crippen molar-refractivity contribution < 1.29 is 18.3 Å². The maximum absolute atomic E-state index is 13.8. The third-order valence-corrected chi connectivity index (χ3v) is 4.73. The lowest BCUT2D eigenvalue weighted by atomic mass is 10.1. The van der Waals surface area contributed by atoms with Crippen molar-refractivity contribution in [3.05, 3.63) is 87.9 Å². The Morgan fingerprint density at radius 3 is 2.80 bits per heavy atom. The molecule has 0 aliphatic carbocycles. The van der Waals surface area contributed by atoms with Crippen molar-refractivity contribution in [3.8, 4) is 11.3 Å². The molecule has 2 aromatic heterocycles. The zero-order valence-electron chi connectivity index (χ0n) is 16.3. The number of aryl methyl sites for hydroxylation is 2. The molecule has 0 fully saturated rings. The third-order valence-electron chi connectivity index (χ3n) is 4.73. The number of furan rings is 1. The second-order valence-electron chi connectivity index (χ2n) is 6.89. The van der Waals surface area contributed by atoms with Crippen LogP contribution in [0.5, 0.6) is 0 Å². The van der Waals surface area contributed by atoms with Gasteiger partial charge in [0.05, 0.1) is 22.9 Å². The van der Waals surface area contributed by atoms with Gasteiger partial charge in [-0.1, -0.05) is 24.3 Å². The number of hydrogen-bond donors (Lipinski definition) is 1. The minimum atomic E-state index is -0.452. The molecule has 4 aromatic rings. The van der Waals surface area contributed by atoms with Crippen LogP contribution in [0.1, 0.15) is 23.6 Å². The van der Waals surface area contributed by atoms with E-state index in [0.29, 0.717) is 34.4 Å². The number of aromatic nitrogens is 2. The summed E-state index contributed by atoms with van der Waals surface area (Å²) in [6.07, 6.45) is 0.398. The van der Waals surface area contributed by atoms with Crippen LogP contribution in [-0.4, -0.2) is 15.9 Å². The Morgan fingerprint density at radius 1 is 1.13 bits per heavy atom. The van der Waals surface area contributed by atoms with Gasteiger partial charge in [-0.3, -0.25) is 9.59 Å². The fourth-order valence-electron chi connectivity index (χ4n) is 3.18. The number of halogens is 1. The molecule has 1 N–H and O–H groups in total. The lowest BCUT2D eigenvalue weighted by Crippen LogP contribution is -2.15. The molecule has 0 amide bonds. The first kappa shape index (κ1) is 19.6. The highest BCUT2D eigenvalue weighted by Gasteiger charge is 2.12. The fraction of sp³-hybridized carbons (Fsp3) is 0.174. The number of rotatable bonds is 6. The molecule has 30 heavy (non-hydrogen) atoms. The Bertz CT molecular complexity index is 1280. The SMILES string of the molecule is Cc1cccc2c(=O)[nH]c(COC(=O)CCc3ccc(-c4ccccc4F)o3)nc12. The number of para-hydroxylation sites is 1. The summed E-state index contributed by atoms with van der Waals surface area (Å²) in [6, 6.07) is 15.1. The molecule has 0 saturated carbocycles. The molecular formula is C23H19FN2O4. The van der Waals surface area contributed by atoms with Gasteiger partial charge in [0.2, 0.25) is 0 Å². The van der Waals surface area contributed by atoms with E-state index in [1.54, 1.807) is 42.5 Å². The van der Waals surface area contributed by atoms with E-state index in [0.717, 1.165) is 5.56 Å². The van der Waals surface area contributed by atoms with Crippen molar-refractivity contribution >= 4 is 16.9 Å². The predicted octanol–water partition coefficient (Wildman–Crippen LogP) is 4.31. The second-order valence-corrected chi connectivity index (χ2v) is 6.89. The molecule has 6 nitrogen and oxygen atoms in total. The smallest absolute Gasteiger partial charge is 0.306 e. The number of nitrogens with zero attached hydrogens (tertiary/aromatic N) is 1. The van der Waals surface area contributed by atoms with Gasteiger partial charge < -0.3 is 14.1 Å². The Kier molecular flexibility index (Phi) is 5.43. The first-order chi connectivity index (χ1) is 14.5. The predicted molar refractivity (Wildman–Crippen MR) is 109 cm³/mol. The molecule has 0 saturated heterocycles. The number of aromatic amines is 1. The molecular weight excluding hydrogens is 387 g/mol. The number of ether oxygens (including phenoxy) is 1. The largest absolute Gasteiger partial charge is 0.461 e. The minimum absolute atomic E-state index is 0.0844. The summed E-state index contributed by atoms with van der Waals surface area (Å²) >= 11 is 0. The van der Waals surface area contributed by atoms with Gasteiger partial charge >= 0.3 is 5.97 Å². The molecule has 7 heteroatoms. The standard InChI is InChI=1S/C23H19FN2O4/c1-14-5-4-7-17-22(14)25-20(26-23(17)28)13-29-21(27)12-10-15-9-11-19(30-15)16-6-2-3-8-18(16)24/h2-9,11H,10,12-13H2,1H3,(H,25,26,28). The van der Waals surface area contributed by atoms with Crippen molar-refractivity contribution in [1.29, 1.82) is 0 Å². The third kappa shape index (κ3) is 4.15. The number of hydrogen-bond acceptors (Lipinski definition) is 5. The van der Waals surface area contributed by atoms with Crippen molar-refractivity contribution in [2.75, 3.05) is 0 Å². The van der Waals surface area contributed by atoms with E-state index in [1.165, 1.54) is 6.07 Å². The van der Waals surface area contributed by atoms with Crippen LogP contribution in [0.15, 0.2) is 63.8 Å². The lowest BCUT2D eigenvalue weighted by Gasteiger charge is -2.06. The Balaban J connectivity index is 1.36. The quantitative estimate of drug-likeness (QED) is 0.483. The molecule has 0 aliphatic rings. The van der Waals surface area contributed by atoms with Crippen molar-refractivity contribution in [2.45, 2.75) is 26.4 Å². The summed E-state index contributed by atoms with van der Waals surface area (Å²) in [7, 11) is 0. The molecule has 2 heterocycles. The highest BCUT2D eigenvalue weighted by atomic mass is 19.1. The van der Waals surface area contributed by atoms with Crippen LogP contribution in [0.4, 0.5) is 4.39 Å². The number of carbonyl (C=O) groups excluding carboxylic acids is 1. The topological polar surface area (TPSA) is 85.2 Å². The van der Waals surface area contributed by atoms with Gasteiger partial charge in [0.1, 0.15) is 29.8 Å². The molecule has 152 valence electrons. The van der Waals surface area contributed by atoms with Gasteiger partial charge in [-0.2, -0.15) is 0 Å². The maximum Gasteiger partial charge on any atom is 0.306 e. The number of nitrogens with one attached hydrogen (secondary N) is 1. The van der Waals surface area contributed by atoms with Crippen molar-refractivity contribution in [1.82, 2.24) is 9.97 Å². The maximum atomic E-state index is 13.8. The Morgan fingerprint density at radius 2 is 1.97 bits per heavy atom. The van der Waals surface area contributed by atoms with E-state index in [1.807, 2.05) is 13.0 Å². The van der Waals surface area contributed by atoms with E-state index in [-0.39, 0.29) is 30.2 Å². The van der Waals surface area contributed by atoms with E-state index in [9.17, 15) is 14.0 Å². The lowest BCUT2D eigenvalue weighted by molar-refractivity contribution is -0.145. The fourth-order valence-corrected chi connectivity index (χ4v) is 3.18. The van der Waals surface area contributed by atoms with Gasteiger partial charge in [0.25, 0.3) is 5.56 Å². The molecule has 2 aromatic carbocycles. The van der Waals surface area contributed by atoms with Crippen LogP contribution in [-0.2, 0) is 22.6 Å². The first-order valence-corrected chi connectivity index (χ1v) is 9.49. The second kappa shape index (κ2) is 8.32. The van der Waals surface area contributed by atoms with Crippen molar-refractivity contribution in [3.63, 3.8) is 0 Å². The minimum Gasteiger partial charge on any atom is -0.461 e. The number of H-pyrrole nitrogens is 1. The number of esters is 1. The number of benzene rings is 2. The molecule has 0 unspecified atom stereocenters. The van der Waals surface area contributed by atoms with Crippen LogP contribution < -0.4 is 5.56 Å². The molecule has 0 atom stereocenters. The number of fused-ring (bicyclic) bond motifs is 1. The molecule has 0 radical (unpaired) electrons. The van der Waals surface area contributed by atoms with Crippen LogP contribution in [0.2, 0.25) is 0 Å². The summed E-state index contributed by atoms with van der Waals surface area (Å²) in [5, 5.41) is 0.494. The van der Waals surface area contributed by atoms with E-state index in [2.05, 4.69) is 9.97 Å². The summed E-state index contributed by atoms with van der Waals surface area (Å²) in [5.41, 5.74) is 1.55. The van der Waals surface area contributed by atoms with Gasteiger partial charge in [0, 0.05) is 6.42 Å². The molecule has 0 bridgehead atoms. The van der Waals surface area contributed by atoms with Crippen LogP contribution >= 0.6 is 0 Å². The average Bonchev–Trinajstić information content (AvgIpc) is 3.21. The summed E-state index contributed by atoms with van der Waals surface area (Å²) in [6.45, 7) is 1.74. The normalized spacial score (nSPS) is 11.0. The Hall–Kier alpha value is -3.74. The zero-order chi connectivity index (χ0) is 21.1. The zero-order valence-corrected chi connectivity index (χ0v) is 16.3. The van der Waals surface area contributed by atoms with Crippen LogP contribution in [0, 0.1) is 12.7 Å². The molecule has 0 aliphatic heterocycles. The summed E-state index contributed by atoms with van der Waals surface area (Å²) in [5.74, 6) is 0.425. The van der Waals surface area contributed by atoms with Crippen LogP contribution in [0.25, 0.3) is 22.2 Å². The molecule has 4 rings (SSSR count). The summed E-state index contributed by atoms with van der Waals surface area (Å²) < 4.78 is 24.7. The highest BCUT2D eigenvalue weighted by Crippen LogP contribution is 2.25. The van der Waals surface area contributed by atoms with Gasteiger partial charge in [-0.25, -0.2) is 9.37 Å². The van der Waals surface area contributed by atoms with E-state index >= 15 is 0 Å². The summed E-state index contributed by atoms with van der Waals surface area (Å²) in [4.78, 5) is 31.3. The highest BCUT2D eigenvalue weighted by molar-refractivity contribution is 5.80. The van der Waals surface area contributed by atoms with Crippen LogP contribution in [0.3, 0.4) is 0 Å². The average molecular weight is 406 g/mol. The molecule has 0 spiro atoms. The van der Waals surface area contributed by atoms with Gasteiger partial charge in [0.15, 0.2) is 0 Å². The van der Waals surface area contributed by atoms with E-state index in [4.69, 9.17) is 9.15 Å². The first-order valence-electron chi connectivity index (χ1n) is 9.49. The Labute approximate surface area is 171 Å². The monoisotopic (exact) mass is 406 g/mol.